The van der Waals surface area contributed by atoms with E-state index in [9.17, 15) is 8.42 Å². The molecule has 0 aliphatic rings. The number of sulfonamides is 1. The van der Waals surface area contributed by atoms with Crippen LogP contribution in [0.4, 0.5) is 0 Å². The molecule has 0 atom stereocenters. The van der Waals surface area contributed by atoms with E-state index < -0.39 is 10.0 Å². The van der Waals surface area contributed by atoms with Gasteiger partial charge in [0.1, 0.15) is 0 Å². The number of hydrogen-bond acceptors (Lipinski definition) is 4. The van der Waals surface area contributed by atoms with Crippen molar-refractivity contribution in [3.05, 3.63) is 57.8 Å². The normalized spacial score (nSPS) is 11.6. The lowest BCUT2D eigenvalue weighted by molar-refractivity contribution is 0.282. The second-order valence-electron chi connectivity index (χ2n) is 4.19. The van der Waals surface area contributed by atoms with Gasteiger partial charge in [0.2, 0.25) is 10.0 Å². The van der Waals surface area contributed by atoms with Gasteiger partial charge in [0.15, 0.2) is 0 Å². The largest absolute Gasteiger partial charge is 0.392 e. The molecule has 0 radical (unpaired) electrons. The van der Waals surface area contributed by atoms with E-state index >= 15 is 0 Å². The highest BCUT2D eigenvalue weighted by atomic mass is 32.2. The van der Waals surface area contributed by atoms with Gasteiger partial charge in [-0.15, -0.1) is 0 Å². The molecule has 0 aliphatic carbocycles. The van der Waals surface area contributed by atoms with Crippen LogP contribution in [-0.4, -0.2) is 13.5 Å². The van der Waals surface area contributed by atoms with Gasteiger partial charge in [-0.3, -0.25) is 0 Å². The maximum Gasteiger partial charge on any atom is 0.216 e. The Kier molecular flexibility index (Phi) is 4.71. The molecular weight excluding hydrogens is 282 g/mol. The van der Waals surface area contributed by atoms with Crippen LogP contribution in [0.3, 0.4) is 0 Å². The molecule has 2 rings (SSSR count). The van der Waals surface area contributed by atoms with E-state index in [0.717, 1.165) is 5.56 Å². The maximum absolute atomic E-state index is 11.9. The first-order valence-electron chi connectivity index (χ1n) is 5.76. The van der Waals surface area contributed by atoms with Crippen LogP contribution in [0.2, 0.25) is 0 Å². The van der Waals surface area contributed by atoms with Crippen LogP contribution in [0, 0.1) is 0 Å². The van der Waals surface area contributed by atoms with Crippen LogP contribution in [0.25, 0.3) is 0 Å². The Morgan fingerprint density at radius 2 is 1.95 bits per heavy atom. The molecule has 0 fully saturated rings. The Bertz CT molecular complexity index is 621. The van der Waals surface area contributed by atoms with Crippen molar-refractivity contribution in [1.82, 2.24) is 4.72 Å². The van der Waals surface area contributed by atoms with Gasteiger partial charge in [-0.2, -0.15) is 11.3 Å². The third kappa shape index (κ3) is 4.43. The number of benzene rings is 1. The minimum absolute atomic E-state index is 0.0784. The zero-order valence-corrected chi connectivity index (χ0v) is 11.9. The average Bonchev–Trinajstić information content (AvgIpc) is 2.89. The van der Waals surface area contributed by atoms with Crippen molar-refractivity contribution in [2.45, 2.75) is 18.9 Å². The summed E-state index contributed by atoms with van der Waals surface area (Å²) in [5.41, 5.74) is 2.34. The van der Waals surface area contributed by atoms with E-state index in [1.54, 1.807) is 24.3 Å². The third-order valence-electron chi connectivity index (χ3n) is 2.61. The van der Waals surface area contributed by atoms with E-state index in [4.69, 9.17) is 5.11 Å². The fourth-order valence-electron chi connectivity index (χ4n) is 1.67. The molecule has 4 nitrogen and oxygen atoms in total. The zero-order valence-electron chi connectivity index (χ0n) is 10.2. The highest BCUT2D eigenvalue weighted by Crippen LogP contribution is 2.10. The Labute approximate surface area is 116 Å². The molecule has 0 saturated heterocycles. The fourth-order valence-corrected chi connectivity index (χ4v) is 3.45. The van der Waals surface area contributed by atoms with Crippen molar-refractivity contribution in [2.24, 2.45) is 0 Å². The zero-order chi connectivity index (χ0) is 13.7. The number of thiophene rings is 1. The number of rotatable bonds is 6. The van der Waals surface area contributed by atoms with E-state index in [-0.39, 0.29) is 12.4 Å². The van der Waals surface area contributed by atoms with Crippen LogP contribution < -0.4 is 4.72 Å². The molecule has 19 heavy (non-hydrogen) atoms. The average molecular weight is 297 g/mol. The van der Waals surface area contributed by atoms with Gasteiger partial charge in [-0.1, -0.05) is 24.3 Å². The highest BCUT2D eigenvalue weighted by molar-refractivity contribution is 7.88. The summed E-state index contributed by atoms with van der Waals surface area (Å²) in [6, 6.07) is 8.83. The van der Waals surface area contributed by atoms with E-state index in [1.165, 1.54) is 11.3 Å². The Morgan fingerprint density at radius 1 is 1.16 bits per heavy atom. The van der Waals surface area contributed by atoms with Crippen LogP contribution in [0.15, 0.2) is 41.1 Å². The van der Waals surface area contributed by atoms with Crippen molar-refractivity contribution in [3.63, 3.8) is 0 Å². The number of aliphatic hydroxyl groups excluding tert-OH is 1. The summed E-state index contributed by atoms with van der Waals surface area (Å²) in [4.78, 5) is 0. The lowest BCUT2D eigenvalue weighted by Crippen LogP contribution is -2.24. The molecule has 1 aromatic carbocycles. The lowest BCUT2D eigenvalue weighted by Gasteiger charge is -2.07. The Balaban J connectivity index is 2.00. The smallest absolute Gasteiger partial charge is 0.216 e. The topological polar surface area (TPSA) is 66.4 Å². The Hall–Kier alpha value is -1.21. The van der Waals surface area contributed by atoms with Gasteiger partial charge >= 0.3 is 0 Å². The summed E-state index contributed by atoms with van der Waals surface area (Å²) in [6.07, 6.45) is 0. The van der Waals surface area contributed by atoms with Gasteiger partial charge < -0.3 is 5.11 Å². The molecule has 0 aliphatic heterocycles. The molecule has 102 valence electrons. The van der Waals surface area contributed by atoms with Crippen molar-refractivity contribution in [3.8, 4) is 0 Å². The van der Waals surface area contributed by atoms with Crippen LogP contribution in [0.1, 0.15) is 16.7 Å². The molecule has 0 saturated carbocycles. The summed E-state index contributed by atoms with van der Waals surface area (Å²) < 4.78 is 26.4. The van der Waals surface area contributed by atoms with E-state index in [2.05, 4.69) is 4.72 Å². The number of hydrogen-bond donors (Lipinski definition) is 2. The van der Waals surface area contributed by atoms with Gasteiger partial charge in [0, 0.05) is 6.54 Å². The fraction of sp³-hybridized carbons (Fsp3) is 0.231. The first-order chi connectivity index (χ1) is 9.09. The number of aliphatic hydroxyl groups is 1. The molecule has 1 heterocycles. The predicted octanol–water partition coefficient (Wildman–Crippen LogP) is 1.86. The van der Waals surface area contributed by atoms with Gasteiger partial charge in [0.25, 0.3) is 0 Å². The molecule has 0 bridgehead atoms. The van der Waals surface area contributed by atoms with E-state index in [1.807, 2.05) is 16.8 Å². The van der Waals surface area contributed by atoms with Gasteiger partial charge in [-0.05, 0) is 33.5 Å². The number of nitrogens with one attached hydrogen (secondary N) is 1. The van der Waals surface area contributed by atoms with Gasteiger partial charge in [-0.25, -0.2) is 13.1 Å². The molecule has 0 spiro atoms. The van der Waals surface area contributed by atoms with Crippen LogP contribution >= 0.6 is 11.3 Å². The van der Waals surface area contributed by atoms with Gasteiger partial charge in [0.05, 0.1) is 12.4 Å². The standard InChI is InChI=1S/C13H15NO3S2/c15-8-11-2-1-3-12(6-11)10-19(16,17)14-7-13-4-5-18-9-13/h1-6,9,14-15H,7-8,10H2. The second kappa shape index (κ2) is 6.29. The molecule has 6 heteroatoms. The first-order valence-corrected chi connectivity index (χ1v) is 8.36. The van der Waals surface area contributed by atoms with Crippen molar-refractivity contribution in [2.75, 3.05) is 0 Å². The maximum atomic E-state index is 11.9. The first kappa shape index (κ1) is 14.2. The summed E-state index contributed by atoms with van der Waals surface area (Å²) in [6.45, 7) is 0.224. The third-order valence-corrected chi connectivity index (χ3v) is 4.64. The summed E-state index contributed by atoms with van der Waals surface area (Å²) >= 11 is 1.54. The molecule has 2 aromatic rings. The monoisotopic (exact) mass is 297 g/mol. The molecule has 0 unspecified atom stereocenters. The minimum Gasteiger partial charge on any atom is -0.392 e. The second-order valence-corrected chi connectivity index (χ2v) is 6.78. The molecule has 2 N–H and O–H groups in total. The SMILES string of the molecule is O=S(=O)(Cc1cccc(CO)c1)NCc1ccsc1. The molecule has 1 aromatic heterocycles. The highest BCUT2D eigenvalue weighted by Gasteiger charge is 2.11. The predicted molar refractivity (Wildman–Crippen MR) is 76.1 cm³/mol. The van der Waals surface area contributed by atoms with Crippen molar-refractivity contribution >= 4 is 21.4 Å². The summed E-state index contributed by atoms with van der Waals surface area (Å²) in [5, 5.41) is 12.8. The molecular formula is C13H15NO3S2. The summed E-state index contributed by atoms with van der Waals surface area (Å²) in [7, 11) is -3.36. The lowest BCUT2D eigenvalue weighted by atomic mass is 10.1. The van der Waals surface area contributed by atoms with Crippen LogP contribution in [0.5, 0.6) is 0 Å². The Morgan fingerprint density at radius 3 is 2.63 bits per heavy atom. The minimum atomic E-state index is -3.36. The quantitative estimate of drug-likeness (QED) is 0.855. The van der Waals surface area contributed by atoms with Crippen molar-refractivity contribution in [1.29, 1.82) is 0 Å². The summed E-state index contributed by atoms with van der Waals surface area (Å²) in [5.74, 6) is -0.0784. The van der Waals surface area contributed by atoms with Crippen LogP contribution in [-0.2, 0) is 28.9 Å². The van der Waals surface area contributed by atoms with E-state index in [0.29, 0.717) is 17.7 Å². The van der Waals surface area contributed by atoms with Crippen molar-refractivity contribution < 1.29 is 13.5 Å². The molecule has 0 amide bonds.